The van der Waals surface area contributed by atoms with Crippen LogP contribution in [0, 0.1) is 5.92 Å². The van der Waals surface area contributed by atoms with E-state index in [-0.39, 0.29) is 43.1 Å². The lowest BCUT2D eigenvalue weighted by molar-refractivity contribution is -0.0494. The van der Waals surface area contributed by atoms with E-state index in [0.29, 0.717) is 42.1 Å². The molecule has 2 saturated heterocycles. The maximum Gasteiger partial charge on any atom is 0.511 e. The molecule has 12 heteroatoms. The molecule has 2 aliphatic rings. The van der Waals surface area contributed by atoms with Crippen molar-refractivity contribution >= 4 is 40.0 Å². The Balaban J connectivity index is 0.00000450. The average Bonchev–Trinajstić information content (AvgIpc) is 2.68. The Morgan fingerprint density at radius 2 is 1.67 bits per heavy atom. The maximum atomic E-state index is 12.7. The predicted octanol–water partition coefficient (Wildman–Crippen LogP) is 2.60. The van der Waals surface area contributed by atoms with Gasteiger partial charge >= 0.3 is 15.5 Å². The summed E-state index contributed by atoms with van der Waals surface area (Å²) in [5.74, 6) is 1.33. The molecule has 2 fully saturated rings. The van der Waals surface area contributed by atoms with Crippen molar-refractivity contribution in [3.63, 3.8) is 0 Å². The summed E-state index contributed by atoms with van der Waals surface area (Å²) in [6, 6.07) is -0.0970. The predicted molar refractivity (Wildman–Crippen MR) is 124 cm³/mol. The van der Waals surface area contributed by atoms with Gasteiger partial charge in [-0.3, -0.25) is 4.99 Å². The molecule has 0 saturated carbocycles. The molecule has 2 heterocycles. The van der Waals surface area contributed by atoms with Gasteiger partial charge in [-0.15, -0.1) is 24.0 Å². The number of hydrogen-bond donors (Lipinski definition) is 2. The van der Waals surface area contributed by atoms with E-state index in [1.54, 1.807) is 0 Å². The highest BCUT2D eigenvalue weighted by molar-refractivity contribution is 14.0. The summed E-state index contributed by atoms with van der Waals surface area (Å²) in [5.41, 5.74) is -5.24. The first kappa shape index (κ1) is 27.7. The molecule has 30 heavy (non-hydrogen) atoms. The third-order valence-corrected chi connectivity index (χ3v) is 7.36. The van der Waals surface area contributed by atoms with Gasteiger partial charge in [-0.1, -0.05) is 6.92 Å². The smallest absolute Gasteiger partial charge is 0.357 e. The number of halogens is 4. The number of sulfonamides is 1. The Morgan fingerprint density at radius 3 is 2.17 bits per heavy atom. The lowest BCUT2D eigenvalue weighted by atomic mass is 9.94. The Labute approximate surface area is 195 Å². The standard InChI is InChI=1S/C18H34F3N5O2S.HI/c1-3-22-17(23-10-5-15-6-11-25(4-2)12-7-15)24-16-8-13-26(14-9-16)29(27,28)18(19,20)21;/h15-16H,3-14H2,1-2H3,(H2,22,23,24);1H. The van der Waals surface area contributed by atoms with Crippen molar-refractivity contribution in [2.45, 2.75) is 57.5 Å². The molecular formula is C18H35F3IN5O2S. The molecule has 2 N–H and O–H groups in total. The number of alkyl halides is 3. The maximum absolute atomic E-state index is 12.7. The molecule has 0 aliphatic carbocycles. The van der Waals surface area contributed by atoms with Gasteiger partial charge in [-0.25, -0.2) is 8.42 Å². The number of nitrogens with one attached hydrogen (secondary N) is 2. The van der Waals surface area contributed by atoms with Gasteiger partial charge in [0.15, 0.2) is 5.96 Å². The van der Waals surface area contributed by atoms with Crippen LogP contribution in [0.25, 0.3) is 0 Å². The number of likely N-dealkylation sites (tertiary alicyclic amines) is 1. The summed E-state index contributed by atoms with van der Waals surface area (Å²) in [6.07, 6.45) is 4.04. The SMILES string of the molecule is CCNC(=NCCC1CCN(CC)CC1)NC1CCN(S(=O)(=O)C(F)(F)F)CC1.I. The monoisotopic (exact) mass is 569 g/mol. The van der Waals surface area contributed by atoms with Crippen LogP contribution in [0.1, 0.15) is 46.0 Å². The molecule has 0 aromatic carbocycles. The molecule has 0 aromatic heterocycles. The first-order valence-electron chi connectivity index (χ1n) is 10.5. The van der Waals surface area contributed by atoms with Crippen LogP contribution in [-0.4, -0.2) is 80.9 Å². The molecule has 0 aromatic rings. The van der Waals surface area contributed by atoms with E-state index in [2.05, 4.69) is 27.4 Å². The number of nitrogens with zero attached hydrogens (tertiary/aromatic N) is 3. The van der Waals surface area contributed by atoms with Crippen molar-refractivity contribution in [2.75, 3.05) is 45.8 Å². The fraction of sp³-hybridized carbons (Fsp3) is 0.944. The van der Waals surface area contributed by atoms with Crippen LogP contribution in [0.2, 0.25) is 0 Å². The zero-order valence-electron chi connectivity index (χ0n) is 17.7. The van der Waals surface area contributed by atoms with E-state index >= 15 is 0 Å². The van der Waals surface area contributed by atoms with Crippen LogP contribution >= 0.6 is 24.0 Å². The number of guanidine groups is 1. The van der Waals surface area contributed by atoms with Crippen LogP contribution in [0.15, 0.2) is 4.99 Å². The Morgan fingerprint density at radius 1 is 1.07 bits per heavy atom. The summed E-state index contributed by atoms with van der Waals surface area (Å²) in [7, 11) is -5.24. The van der Waals surface area contributed by atoms with Crippen LogP contribution in [-0.2, 0) is 10.0 Å². The zero-order valence-corrected chi connectivity index (χ0v) is 20.9. The summed E-state index contributed by atoms with van der Waals surface area (Å²) >= 11 is 0. The highest BCUT2D eigenvalue weighted by Crippen LogP contribution is 2.29. The van der Waals surface area contributed by atoms with E-state index in [1.165, 1.54) is 12.8 Å². The van der Waals surface area contributed by atoms with Gasteiger partial charge < -0.3 is 15.5 Å². The Bertz CT molecular complexity index is 632. The Kier molecular flexibility index (Phi) is 11.7. The van der Waals surface area contributed by atoms with Gasteiger partial charge in [0, 0.05) is 32.2 Å². The summed E-state index contributed by atoms with van der Waals surface area (Å²) < 4.78 is 61.6. The van der Waals surface area contributed by atoms with Gasteiger partial charge in [0.05, 0.1) is 0 Å². The molecule has 0 amide bonds. The van der Waals surface area contributed by atoms with Crippen molar-refractivity contribution in [1.82, 2.24) is 19.8 Å². The third-order valence-electron chi connectivity index (χ3n) is 5.73. The molecule has 7 nitrogen and oxygen atoms in total. The highest BCUT2D eigenvalue weighted by Gasteiger charge is 2.50. The first-order chi connectivity index (χ1) is 13.7. The zero-order chi connectivity index (χ0) is 21.5. The molecule has 0 spiro atoms. The third kappa shape index (κ3) is 7.97. The number of rotatable bonds is 7. The molecular weight excluding hydrogens is 534 g/mol. The number of piperidine rings is 2. The van der Waals surface area contributed by atoms with E-state index in [9.17, 15) is 21.6 Å². The molecule has 0 unspecified atom stereocenters. The minimum Gasteiger partial charge on any atom is -0.357 e. The van der Waals surface area contributed by atoms with E-state index in [4.69, 9.17) is 0 Å². The lowest BCUT2D eigenvalue weighted by Gasteiger charge is -2.32. The van der Waals surface area contributed by atoms with Gasteiger partial charge in [-0.05, 0) is 64.6 Å². The largest absolute Gasteiger partial charge is 0.511 e. The molecule has 0 radical (unpaired) electrons. The van der Waals surface area contributed by atoms with Crippen molar-refractivity contribution < 1.29 is 21.6 Å². The minimum absolute atomic E-state index is 0. The van der Waals surface area contributed by atoms with Crippen molar-refractivity contribution in [1.29, 1.82) is 0 Å². The van der Waals surface area contributed by atoms with Crippen LogP contribution in [0.4, 0.5) is 13.2 Å². The fourth-order valence-electron chi connectivity index (χ4n) is 3.85. The summed E-state index contributed by atoms with van der Waals surface area (Å²) in [4.78, 5) is 7.07. The average molecular weight is 569 g/mol. The van der Waals surface area contributed by atoms with E-state index < -0.39 is 15.5 Å². The molecule has 2 rings (SSSR count). The fourth-order valence-corrected chi connectivity index (χ4v) is 4.83. The number of aliphatic imine (C=N–C) groups is 1. The normalized spacial score (nSPS) is 21.3. The van der Waals surface area contributed by atoms with E-state index in [1.807, 2.05) is 6.92 Å². The second kappa shape index (κ2) is 12.6. The second-order valence-electron chi connectivity index (χ2n) is 7.70. The van der Waals surface area contributed by atoms with Crippen molar-refractivity contribution in [2.24, 2.45) is 10.9 Å². The lowest BCUT2D eigenvalue weighted by Crippen LogP contribution is -2.51. The quantitative estimate of drug-likeness (QED) is 0.280. The minimum atomic E-state index is -5.24. The molecule has 2 aliphatic heterocycles. The van der Waals surface area contributed by atoms with Crippen molar-refractivity contribution in [3.05, 3.63) is 0 Å². The van der Waals surface area contributed by atoms with Crippen molar-refractivity contribution in [3.8, 4) is 0 Å². The topological polar surface area (TPSA) is 77.0 Å². The summed E-state index contributed by atoms with van der Waals surface area (Å²) in [5, 5.41) is 6.42. The van der Waals surface area contributed by atoms with Crippen LogP contribution in [0.5, 0.6) is 0 Å². The number of hydrogen-bond acceptors (Lipinski definition) is 4. The summed E-state index contributed by atoms with van der Waals surface area (Å²) in [6.45, 7) is 8.62. The van der Waals surface area contributed by atoms with Gasteiger partial charge in [0.2, 0.25) is 0 Å². The van der Waals surface area contributed by atoms with Gasteiger partial charge in [0.25, 0.3) is 0 Å². The molecule has 178 valence electrons. The Hall–Kier alpha value is -0.340. The van der Waals surface area contributed by atoms with E-state index in [0.717, 1.165) is 26.1 Å². The molecule has 0 atom stereocenters. The van der Waals surface area contributed by atoms with Gasteiger partial charge in [-0.2, -0.15) is 17.5 Å². The first-order valence-corrected chi connectivity index (χ1v) is 11.9. The van der Waals surface area contributed by atoms with Crippen LogP contribution in [0.3, 0.4) is 0 Å². The van der Waals surface area contributed by atoms with Crippen LogP contribution < -0.4 is 10.6 Å². The second-order valence-corrected chi connectivity index (χ2v) is 9.62. The van der Waals surface area contributed by atoms with Gasteiger partial charge in [0.1, 0.15) is 0 Å². The molecule has 0 bridgehead atoms. The highest BCUT2D eigenvalue weighted by atomic mass is 127.